The summed E-state index contributed by atoms with van der Waals surface area (Å²) in [6.45, 7) is 2.21. The van der Waals surface area contributed by atoms with Gasteiger partial charge in [0, 0.05) is 6.42 Å². The number of carboxylic acid groups (broad SMARTS) is 1. The van der Waals surface area contributed by atoms with E-state index < -0.39 is 5.97 Å². The van der Waals surface area contributed by atoms with Gasteiger partial charge < -0.3 is 10.2 Å². The maximum atomic E-state index is 10.3. The number of hydrogen-bond acceptors (Lipinski definition) is 2. The summed E-state index contributed by atoms with van der Waals surface area (Å²) in [6, 6.07) is 0. The second-order valence-electron chi connectivity index (χ2n) is 6.28. The van der Waals surface area contributed by atoms with Crippen LogP contribution >= 0.6 is 0 Å². The Balaban J connectivity index is 3.38. The first-order valence-electron chi connectivity index (χ1n) is 9.40. The van der Waals surface area contributed by atoms with Crippen LogP contribution in [0.5, 0.6) is 0 Å². The minimum absolute atomic E-state index is 0.297. The standard InChI is InChI=1S/C20H36O3/c1-2-3-4-10-13-16-19(21)17-14-11-8-6-5-7-9-12-15-18-20(22)23/h8,11,14,17,19,21H,2-7,9-10,12-13,15-16,18H2,1H3,(H,22,23)/b11-8+,17-14+. The molecule has 1 atom stereocenters. The van der Waals surface area contributed by atoms with Crippen LogP contribution < -0.4 is 0 Å². The third-order valence-electron chi connectivity index (χ3n) is 3.95. The minimum Gasteiger partial charge on any atom is -0.481 e. The largest absolute Gasteiger partial charge is 0.481 e. The summed E-state index contributed by atoms with van der Waals surface area (Å²) in [5, 5.41) is 18.3. The fourth-order valence-corrected chi connectivity index (χ4v) is 2.49. The van der Waals surface area contributed by atoms with E-state index in [0.717, 1.165) is 51.4 Å². The molecule has 23 heavy (non-hydrogen) atoms. The Kier molecular flexibility index (Phi) is 16.4. The number of hydrogen-bond donors (Lipinski definition) is 2. The van der Waals surface area contributed by atoms with Crippen molar-refractivity contribution in [1.82, 2.24) is 0 Å². The molecule has 0 aliphatic heterocycles. The van der Waals surface area contributed by atoms with Gasteiger partial charge in [-0.1, -0.05) is 82.6 Å². The van der Waals surface area contributed by atoms with Gasteiger partial charge >= 0.3 is 5.97 Å². The van der Waals surface area contributed by atoms with Gasteiger partial charge in [0.15, 0.2) is 0 Å². The van der Waals surface area contributed by atoms with Crippen molar-refractivity contribution in [3.63, 3.8) is 0 Å². The zero-order valence-electron chi connectivity index (χ0n) is 14.9. The fourth-order valence-electron chi connectivity index (χ4n) is 2.49. The predicted molar refractivity (Wildman–Crippen MR) is 97.6 cm³/mol. The molecule has 134 valence electrons. The van der Waals surface area contributed by atoms with Crippen LogP contribution in [0.1, 0.15) is 90.4 Å². The van der Waals surface area contributed by atoms with Gasteiger partial charge in [-0.05, 0) is 25.7 Å². The zero-order valence-corrected chi connectivity index (χ0v) is 14.9. The molecule has 0 saturated carbocycles. The van der Waals surface area contributed by atoms with Crippen LogP contribution in [0.4, 0.5) is 0 Å². The highest BCUT2D eigenvalue weighted by atomic mass is 16.4. The first-order chi connectivity index (χ1) is 11.2. The highest BCUT2D eigenvalue weighted by molar-refractivity contribution is 5.66. The molecule has 0 aromatic carbocycles. The number of carboxylic acids is 1. The van der Waals surface area contributed by atoms with E-state index in [1.165, 1.54) is 25.7 Å². The van der Waals surface area contributed by atoms with Gasteiger partial charge in [0.2, 0.25) is 0 Å². The molecule has 0 aliphatic carbocycles. The molecule has 0 rings (SSSR count). The summed E-state index contributed by atoms with van der Waals surface area (Å²) in [5.41, 5.74) is 0. The molecule has 0 aromatic rings. The highest BCUT2D eigenvalue weighted by Crippen LogP contribution is 2.09. The number of rotatable bonds is 16. The van der Waals surface area contributed by atoms with Crippen molar-refractivity contribution in [2.24, 2.45) is 0 Å². The SMILES string of the molecule is CCCCCCCC(O)/C=C/C=C/CCCCCCCC(=O)O. The Morgan fingerprint density at radius 1 is 0.913 bits per heavy atom. The maximum absolute atomic E-state index is 10.3. The van der Waals surface area contributed by atoms with Crippen molar-refractivity contribution in [3.8, 4) is 0 Å². The Bertz CT molecular complexity index is 321. The van der Waals surface area contributed by atoms with E-state index in [1.54, 1.807) is 0 Å². The molecule has 0 fully saturated rings. The van der Waals surface area contributed by atoms with Gasteiger partial charge in [0.25, 0.3) is 0 Å². The molecule has 2 N–H and O–H groups in total. The van der Waals surface area contributed by atoms with Crippen LogP contribution in [0.15, 0.2) is 24.3 Å². The number of carbonyl (C=O) groups is 1. The van der Waals surface area contributed by atoms with Gasteiger partial charge in [-0.2, -0.15) is 0 Å². The molecule has 0 saturated heterocycles. The first-order valence-corrected chi connectivity index (χ1v) is 9.40. The molecule has 0 bridgehead atoms. The van der Waals surface area contributed by atoms with Crippen LogP contribution in [0.2, 0.25) is 0 Å². The highest BCUT2D eigenvalue weighted by Gasteiger charge is 1.98. The molecule has 0 heterocycles. The Morgan fingerprint density at radius 2 is 1.57 bits per heavy atom. The van der Waals surface area contributed by atoms with Gasteiger partial charge in [-0.15, -0.1) is 0 Å². The normalized spacial score (nSPS) is 13.1. The van der Waals surface area contributed by atoms with Crippen LogP contribution in [-0.4, -0.2) is 22.3 Å². The molecular weight excluding hydrogens is 288 g/mol. The average molecular weight is 325 g/mol. The van der Waals surface area contributed by atoms with E-state index >= 15 is 0 Å². The van der Waals surface area contributed by atoms with Gasteiger partial charge in [0.1, 0.15) is 0 Å². The van der Waals surface area contributed by atoms with Crippen LogP contribution in [-0.2, 0) is 4.79 Å². The van der Waals surface area contributed by atoms with E-state index in [1.807, 2.05) is 18.2 Å². The molecule has 3 nitrogen and oxygen atoms in total. The number of aliphatic hydroxyl groups excluding tert-OH is 1. The summed E-state index contributed by atoms with van der Waals surface area (Å²) in [7, 11) is 0. The molecule has 3 heteroatoms. The van der Waals surface area contributed by atoms with Crippen molar-refractivity contribution in [2.45, 2.75) is 96.5 Å². The number of aliphatic hydroxyl groups is 1. The molecule has 0 amide bonds. The van der Waals surface area contributed by atoms with Crippen molar-refractivity contribution < 1.29 is 15.0 Å². The summed E-state index contributed by atoms with van der Waals surface area (Å²) >= 11 is 0. The topological polar surface area (TPSA) is 57.5 Å². The van der Waals surface area contributed by atoms with Crippen molar-refractivity contribution in [3.05, 3.63) is 24.3 Å². The van der Waals surface area contributed by atoms with E-state index in [0.29, 0.717) is 6.42 Å². The van der Waals surface area contributed by atoms with Gasteiger partial charge in [-0.25, -0.2) is 0 Å². The summed E-state index contributed by atoms with van der Waals surface area (Å²) in [4.78, 5) is 10.3. The Morgan fingerprint density at radius 3 is 2.30 bits per heavy atom. The third-order valence-corrected chi connectivity index (χ3v) is 3.95. The maximum Gasteiger partial charge on any atom is 0.303 e. The number of unbranched alkanes of at least 4 members (excludes halogenated alkanes) is 9. The molecule has 0 aromatic heterocycles. The monoisotopic (exact) mass is 324 g/mol. The third kappa shape index (κ3) is 18.9. The molecule has 0 aliphatic rings. The van der Waals surface area contributed by atoms with E-state index in [4.69, 9.17) is 5.11 Å². The molecule has 1 unspecified atom stereocenters. The molecule has 0 spiro atoms. The second kappa shape index (κ2) is 17.3. The van der Waals surface area contributed by atoms with Gasteiger partial charge in [0.05, 0.1) is 6.10 Å². The quantitative estimate of drug-likeness (QED) is 0.285. The summed E-state index contributed by atoms with van der Waals surface area (Å²) < 4.78 is 0. The van der Waals surface area contributed by atoms with Crippen molar-refractivity contribution in [2.75, 3.05) is 0 Å². The number of allylic oxidation sites excluding steroid dienone is 3. The van der Waals surface area contributed by atoms with Gasteiger partial charge in [-0.3, -0.25) is 4.79 Å². The minimum atomic E-state index is -0.692. The lowest BCUT2D eigenvalue weighted by Gasteiger charge is -2.04. The Labute approximate surface area is 142 Å². The molecular formula is C20H36O3. The van der Waals surface area contributed by atoms with E-state index in [9.17, 15) is 9.90 Å². The smallest absolute Gasteiger partial charge is 0.303 e. The average Bonchev–Trinajstić information content (AvgIpc) is 2.52. The fraction of sp³-hybridized carbons (Fsp3) is 0.750. The summed E-state index contributed by atoms with van der Waals surface area (Å²) in [5.74, 6) is -0.692. The molecule has 0 radical (unpaired) electrons. The lowest BCUT2D eigenvalue weighted by Crippen LogP contribution is -2.01. The van der Waals surface area contributed by atoms with Crippen LogP contribution in [0.25, 0.3) is 0 Å². The Hall–Kier alpha value is -1.09. The lowest BCUT2D eigenvalue weighted by molar-refractivity contribution is -0.137. The number of aliphatic carboxylic acids is 1. The van der Waals surface area contributed by atoms with E-state index in [2.05, 4.69) is 13.0 Å². The predicted octanol–water partition coefficient (Wildman–Crippen LogP) is 5.64. The summed E-state index contributed by atoms with van der Waals surface area (Å²) in [6.07, 6.45) is 21.3. The van der Waals surface area contributed by atoms with Crippen LogP contribution in [0, 0.1) is 0 Å². The van der Waals surface area contributed by atoms with Crippen molar-refractivity contribution in [1.29, 1.82) is 0 Å². The van der Waals surface area contributed by atoms with E-state index in [-0.39, 0.29) is 6.10 Å². The second-order valence-corrected chi connectivity index (χ2v) is 6.28. The van der Waals surface area contributed by atoms with Crippen molar-refractivity contribution >= 4 is 5.97 Å². The van der Waals surface area contributed by atoms with Crippen LogP contribution in [0.3, 0.4) is 0 Å². The first kappa shape index (κ1) is 21.9. The lowest BCUT2D eigenvalue weighted by atomic mass is 10.1. The zero-order chi connectivity index (χ0) is 17.2.